The van der Waals surface area contributed by atoms with Crippen molar-refractivity contribution in [3.63, 3.8) is 0 Å². The maximum atomic E-state index is 12.2. The molecule has 4 rings (SSSR count). The fourth-order valence-electron chi connectivity index (χ4n) is 2.30. The molecule has 0 aliphatic heterocycles. The van der Waals surface area contributed by atoms with Gasteiger partial charge in [0.2, 0.25) is 0 Å². The molecule has 0 aliphatic carbocycles. The molecule has 0 fully saturated rings. The van der Waals surface area contributed by atoms with Gasteiger partial charge in [-0.25, -0.2) is 14.5 Å². The minimum Gasteiger partial charge on any atom is -0.267 e. The van der Waals surface area contributed by atoms with Gasteiger partial charge >= 0.3 is 5.69 Å². The van der Waals surface area contributed by atoms with Crippen molar-refractivity contribution >= 4 is 11.0 Å². The fourth-order valence-corrected chi connectivity index (χ4v) is 2.30. The van der Waals surface area contributed by atoms with E-state index in [9.17, 15) is 9.59 Å². The van der Waals surface area contributed by atoms with Gasteiger partial charge in [0.05, 0.1) is 23.8 Å². The molecule has 4 heterocycles. The van der Waals surface area contributed by atoms with Crippen molar-refractivity contribution in [2.24, 2.45) is 7.05 Å². The van der Waals surface area contributed by atoms with Crippen molar-refractivity contribution in [1.29, 1.82) is 0 Å². The summed E-state index contributed by atoms with van der Waals surface area (Å²) in [7, 11) is 1.40. The number of hydrogen-bond acceptors (Lipinski definition) is 6. The maximum Gasteiger partial charge on any atom is 0.351 e. The smallest absolute Gasteiger partial charge is 0.267 e. The minimum absolute atomic E-state index is 0.453. The lowest BCUT2D eigenvalue weighted by atomic mass is 10.3. The average molecular weight is 321 g/mol. The molecule has 0 bridgehead atoms. The first kappa shape index (κ1) is 14.0. The highest BCUT2D eigenvalue weighted by molar-refractivity contribution is 5.76. The molecule has 0 N–H and O–H groups in total. The quantitative estimate of drug-likeness (QED) is 0.517. The Bertz CT molecular complexity index is 1160. The minimum atomic E-state index is -0.539. The number of aromatic nitrogens is 7. The van der Waals surface area contributed by atoms with Crippen LogP contribution in [0.1, 0.15) is 0 Å². The van der Waals surface area contributed by atoms with Crippen molar-refractivity contribution in [3.05, 3.63) is 70.0 Å². The van der Waals surface area contributed by atoms with E-state index in [0.717, 1.165) is 26.5 Å². The Hall–Kier alpha value is -3.62. The Kier molecular flexibility index (Phi) is 3.05. The number of pyridine rings is 2. The third kappa shape index (κ3) is 2.19. The van der Waals surface area contributed by atoms with Crippen LogP contribution in [-0.4, -0.2) is 34.1 Å². The van der Waals surface area contributed by atoms with E-state index in [2.05, 4.69) is 20.2 Å². The van der Waals surface area contributed by atoms with Crippen LogP contribution in [0.5, 0.6) is 0 Å². The molecule has 0 saturated heterocycles. The summed E-state index contributed by atoms with van der Waals surface area (Å²) in [5.74, 6) is 0. The molecule has 0 radical (unpaired) electrons. The van der Waals surface area contributed by atoms with Gasteiger partial charge in [-0.15, -0.1) is 5.10 Å². The molecule has 0 aromatic carbocycles. The Labute approximate surface area is 134 Å². The summed E-state index contributed by atoms with van der Waals surface area (Å²) in [6.45, 7) is 0. The lowest BCUT2D eigenvalue weighted by molar-refractivity contribution is 0.654. The molecular weight excluding hydrogens is 310 g/mol. The van der Waals surface area contributed by atoms with Gasteiger partial charge in [-0.2, -0.15) is 9.78 Å². The van der Waals surface area contributed by atoms with Crippen LogP contribution >= 0.6 is 0 Å². The first-order chi connectivity index (χ1) is 11.6. The topological polar surface area (TPSA) is 100 Å². The fraction of sp³-hybridized carbons (Fsp3) is 0.0667. The molecule has 0 aliphatic rings. The zero-order valence-corrected chi connectivity index (χ0v) is 12.6. The summed E-state index contributed by atoms with van der Waals surface area (Å²) in [5.41, 5.74) is 0.779. The average Bonchev–Trinajstić information content (AvgIpc) is 3.04. The Morgan fingerprint density at radius 1 is 1.08 bits per heavy atom. The normalized spacial score (nSPS) is 11.0. The standard InChI is InChI=1S/C15H11N7O2/c1-20-13(23)8-18-22(15(20)24)12-5-10-9-21(19-14(10)17-7-12)11-3-2-4-16-6-11/h2-9H,1H3. The van der Waals surface area contributed by atoms with E-state index in [1.807, 2.05) is 12.1 Å². The van der Waals surface area contributed by atoms with E-state index in [1.54, 1.807) is 29.3 Å². The van der Waals surface area contributed by atoms with E-state index >= 15 is 0 Å². The predicted octanol–water partition coefficient (Wildman–Crippen LogP) is 0.0601. The van der Waals surface area contributed by atoms with Crippen LogP contribution in [0.3, 0.4) is 0 Å². The van der Waals surface area contributed by atoms with Gasteiger partial charge in [0, 0.05) is 24.8 Å². The molecule has 4 aromatic rings. The molecule has 9 heteroatoms. The van der Waals surface area contributed by atoms with Gasteiger partial charge in [0.1, 0.15) is 6.20 Å². The van der Waals surface area contributed by atoms with Gasteiger partial charge in [0.15, 0.2) is 5.65 Å². The molecule has 0 atom stereocenters. The van der Waals surface area contributed by atoms with Gasteiger partial charge in [0.25, 0.3) is 5.56 Å². The molecule has 4 aromatic heterocycles. The lowest BCUT2D eigenvalue weighted by Gasteiger charge is -2.04. The number of fused-ring (bicyclic) bond motifs is 1. The van der Waals surface area contributed by atoms with Crippen LogP contribution in [0.2, 0.25) is 0 Å². The zero-order chi connectivity index (χ0) is 16.7. The molecule has 0 unspecified atom stereocenters. The van der Waals surface area contributed by atoms with Crippen LogP contribution in [0, 0.1) is 0 Å². The number of hydrogen-bond donors (Lipinski definition) is 0. The molecule has 0 spiro atoms. The van der Waals surface area contributed by atoms with E-state index < -0.39 is 11.2 Å². The summed E-state index contributed by atoms with van der Waals surface area (Å²) < 4.78 is 3.76. The van der Waals surface area contributed by atoms with E-state index in [0.29, 0.717) is 11.3 Å². The third-order valence-corrected chi connectivity index (χ3v) is 3.58. The Morgan fingerprint density at radius 3 is 2.75 bits per heavy atom. The van der Waals surface area contributed by atoms with Crippen LogP contribution in [-0.2, 0) is 7.05 Å². The van der Waals surface area contributed by atoms with Gasteiger partial charge in [-0.1, -0.05) is 0 Å². The first-order valence-electron chi connectivity index (χ1n) is 7.05. The zero-order valence-electron chi connectivity index (χ0n) is 12.6. The third-order valence-electron chi connectivity index (χ3n) is 3.58. The van der Waals surface area contributed by atoms with Crippen LogP contribution in [0.25, 0.3) is 22.4 Å². The largest absolute Gasteiger partial charge is 0.351 e. The SMILES string of the molecule is Cn1c(=O)cnn(-c2cnc3nn(-c4cccnc4)cc3c2)c1=O. The summed E-state index contributed by atoms with van der Waals surface area (Å²) in [6, 6.07) is 5.42. The van der Waals surface area contributed by atoms with E-state index in [-0.39, 0.29) is 0 Å². The molecular formula is C15H11N7O2. The Balaban J connectivity index is 1.86. The molecule has 9 nitrogen and oxygen atoms in total. The summed E-state index contributed by atoms with van der Waals surface area (Å²) in [5, 5.41) is 8.98. The lowest BCUT2D eigenvalue weighted by Crippen LogP contribution is -2.38. The van der Waals surface area contributed by atoms with Crippen LogP contribution in [0.15, 0.2) is 58.8 Å². The second-order valence-electron chi connectivity index (χ2n) is 5.13. The van der Waals surface area contributed by atoms with Crippen molar-refractivity contribution < 1.29 is 0 Å². The second-order valence-corrected chi connectivity index (χ2v) is 5.13. The monoisotopic (exact) mass is 321 g/mol. The van der Waals surface area contributed by atoms with E-state index in [1.165, 1.54) is 13.2 Å². The van der Waals surface area contributed by atoms with Gasteiger partial charge in [-0.3, -0.25) is 14.3 Å². The number of rotatable bonds is 2. The molecule has 0 saturated carbocycles. The van der Waals surface area contributed by atoms with Crippen molar-refractivity contribution in [3.8, 4) is 11.4 Å². The highest BCUT2D eigenvalue weighted by Crippen LogP contribution is 2.15. The highest BCUT2D eigenvalue weighted by Gasteiger charge is 2.09. The highest BCUT2D eigenvalue weighted by atomic mass is 16.2. The summed E-state index contributed by atoms with van der Waals surface area (Å²) >= 11 is 0. The van der Waals surface area contributed by atoms with Crippen molar-refractivity contribution in [2.75, 3.05) is 0 Å². The van der Waals surface area contributed by atoms with Crippen LogP contribution < -0.4 is 11.2 Å². The van der Waals surface area contributed by atoms with E-state index in [4.69, 9.17) is 0 Å². The molecule has 24 heavy (non-hydrogen) atoms. The second kappa shape index (κ2) is 5.23. The Morgan fingerprint density at radius 2 is 1.96 bits per heavy atom. The number of nitrogens with zero attached hydrogens (tertiary/aromatic N) is 7. The predicted molar refractivity (Wildman–Crippen MR) is 85.3 cm³/mol. The molecule has 118 valence electrons. The molecule has 0 amide bonds. The maximum absolute atomic E-state index is 12.2. The summed E-state index contributed by atoms with van der Waals surface area (Å²) in [6.07, 6.45) is 7.73. The summed E-state index contributed by atoms with van der Waals surface area (Å²) in [4.78, 5) is 31.9. The van der Waals surface area contributed by atoms with Crippen molar-refractivity contribution in [2.45, 2.75) is 0 Å². The van der Waals surface area contributed by atoms with Gasteiger partial charge in [-0.05, 0) is 18.2 Å². The first-order valence-corrected chi connectivity index (χ1v) is 7.05. The van der Waals surface area contributed by atoms with Crippen molar-refractivity contribution in [1.82, 2.24) is 34.1 Å². The van der Waals surface area contributed by atoms with Crippen LogP contribution in [0.4, 0.5) is 0 Å². The van der Waals surface area contributed by atoms with Gasteiger partial charge < -0.3 is 0 Å².